The molecule has 2 aliphatic carbocycles. The molecule has 0 aliphatic heterocycles. The Morgan fingerprint density at radius 3 is 2.00 bits per heavy atom. The van der Waals surface area contributed by atoms with Gasteiger partial charge in [-0.05, 0) is 38.7 Å². The quantitative estimate of drug-likeness (QED) is 0.0318. The number of nitrogens with zero attached hydrogens (tertiary/aromatic N) is 6. The van der Waals surface area contributed by atoms with Gasteiger partial charge in [-0.2, -0.15) is 33.1 Å². The predicted molar refractivity (Wildman–Crippen MR) is 234 cm³/mol. The minimum atomic E-state index is -4.64. The predicted octanol–water partition coefficient (Wildman–Crippen LogP) is 3.42. The first-order chi connectivity index (χ1) is 31.5. The number of aliphatic hydroxyl groups excluding tert-OH is 3. The van der Waals surface area contributed by atoms with E-state index < -0.39 is 60.8 Å². The molecule has 24 heteroatoms. The normalized spacial score (nSPS) is 22.4. The van der Waals surface area contributed by atoms with Gasteiger partial charge >= 0.3 is 6.18 Å². The first kappa shape index (κ1) is 49.7. The lowest BCUT2D eigenvalue weighted by Crippen LogP contribution is -2.51. The van der Waals surface area contributed by atoms with Crippen molar-refractivity contribution in [1.29, 1.82) is 0 Å². The van der Waals surface area contributed by atoms with Crippen molar-refractivity contribution in [3.05, 3.63) is 63.2 Å². The first-order valence-electron chi connectivity index (χ1n) is 20.4. The van der Waals surface area contributed by atoms with Crippen molar-refractivity contribution in [2.75, 3.05) is 75.0 Å². The smallest absolute Gasteiger partial charge is 0.405 e. The Hall–Kier alpha value is -5.69. The summed E-state index contributed by atoms with van der Waals surface area (Å²) < 4.78 is 62.0. The molecule has 0 radical (unpaired) electrons. The van der Waals surface area contributed by atoms with Crippen LogP contribution in [0.25, 0.3) is 0 Å². The molecule has 6 rings (SSSR count). The molecule has 6 atom stereocenters. The average molecular weight is 964 g/mol. The fraction of sp³-hybridized carbons (Fsp3) is 0.476. The van der Waals surface area contributed by atoms with Gasteiger partial charge in [-0.15, -0.1) is 0 Å². The number of hydrogen-bond acceptors (Lipinski definition) is 19. The van der Waals surface area contributed by atoms with Crippen molar-refractivity contribution >= 4 is 46.7 Å². The third-order valence-corrected chi connectivity index (χ3v) is 11.0. The highest BCUT2D eigenvalue weighted by molar-refractivity contribution is 6.31. The molecular formula is C42H47Cl2F3N10O9. The summed E-state index contributed by atoms with van der Waals surface area (Å²) in [5.74, 6) is 9.70. The number of ether oxygens (including phenoxy) is 4. The zero-order valence-corrected chi connectivity index (χ0v) is 37.2. The van der Waals surface area contributed by atoms with E-state index in [1.807, 2.05) is 0 Å². The Bertz CT molecular complexity index is 2460. The van der Waals surface area contributed by atoms with Crippen molar-refractivity contribution in [3.63, 3.8) is 0 Å². The zero-order chi connectivity index (χ0) is 47.6. The maximum absolute atomic E-state index is 13.2. The Kier molecular flexibility index (Phi) is 16.4. The molecule has 4 aromatic rings. The van der Waals surface area contributed by atoms with Crippen LogP contribution in [0.1, 0.15) is 54.9 Å². The van der Waals surface area contributed by atoms with Gasteiger partial charge in [0.25, 0.3) is 5.88 Å². The molecule has 0 saturated heterocycles. The molecule has 2 saturated carbocycles. The van der Waals surface area contributed by atoms with Crippen molar-refractivity contribution in [2.24, 2.45) is 11.8 Å². The van der Waals surface area contributed by atoms with Gasteiger partial charge in [0.2, 0.25) is 17.8 Å². The maximum Gasteiger partial charge on any atom is 0.405 e. The molecular weight excluding hydrogens is 916 g/mol. The number of aliphatic hydroxyl groups is 5. The molecule has 354 valence electrons. The fourth-order valence-corrected chi connectivity index (χ4v) is 7.58. The van der Waals surface area contributed by atoms with E-state index in [0.29, 0.717) is 37.6 Å². The van der Waals surface area contributed by atoms with Gasteiger partial charge in [-0.1, -0.05) is 46.9 Å². The summed E-state index contributed by atoms with van der Waals surface area (Å²) in [6.07, 6.45) is -3.99. The summed E-state index contributed by atoms with van der Waals surface area (Å²) in [5, 5.41) is 65.1. The van der Waals surface area contributed by atoms with Gasteiger partial charge in [-0.3, -0.25) is 0 Å². The van der Waals surface area contributed by atoms with Crippen LogP contribution in [0.15, 0.2) is 30.6 Å². The number of nitrogens with one attached hydrogen (secondary N) is 4. The van der Waals surface area contributed by atoms with Gasteiger partial charge < -0.3 is 65.7 Å². The number of halogens is 5. The van der Waals surface area contributed by atoms with Crippen LogP contribution in [0, 0.1) is 35.5 Å². The van der Waals surface area contributed by atoms with E-state index in [0.717, 1.165) is 0 Å². The van der Waals surface area contributed by atoms with Crippen LogP contribution in [0.2, 0.25) is 10.3 Å². The van der Waals surface area contributed by atoms with Crippen molar-refractivity contribution in [2.45, 2.75) is 62.4 Å². The number of pyridine rings is 2. The first-order valence-corrected chi connectivity index (χ1v) is 21.2. The van der Waals surface area contributed by atoms with Crippen molar-refractivity contribution in [3.8, 4) is 41.2 Å². The van der Waals surface area contributed by atoms with E-state index >= 15 is 0 Å². The molecule has 0 aromatic carbocycles. The number of anilines is 4. The number of hydrogen-bond donors (Lipinski definition) is 9. The molecule has 0 bridgehead atoms. The van der Waals surface area contributed by atoms with E-state index in [1.54, 1.807) is 19.1 Å². The standard InChI is InChI=1S/C42H47Cl2F3N10O9/c1-4-65-30-10-7-23(18-49-30)5-8-27-34(44)53-39(51-22-42(45,46)47)55-36(27)57-41(62)14-12-26(21-59)32(41)66-29-17-24(19-50-37(29)64-3)6-9-28-33(43)52-38(48-15-16-63-2)54-35(28)56-40(61)13-11-25(20-58)31(40)60/h7,10,17-19,25-26,31-32,58-62H,4,11-16,20-22H2,1-3H3,(H2,48,52,54,56)(H2,51,53,55,57)/t25-,26-,31-,32-,40+,41-/m1/s1. The number of alkyl halides is 3. The van der Waals surface area contributed by atoms with Crippen LogP contribution in [0.3, 0.4) is 0 Å². The lowest BCUT2D eigenvalue weighted by Gasteiger charge is -2.34. The molecule has 0 unspecified atom stereocenters. The lowest BCUT2D eigenvalue weighted by atomic mass is 10.0. The van der Waals surface area contributed by atoms with Crippen LogP contribution in [-0.2, 0) is 4.74 Å². The van der Waals surface area contributed by atoms with E-state index in [2.05, 4.69) is 74.9 Å². The largest absolute Gasteiger partial charge is 0.479 e. The number of rotatable bonds is 17. The summed E-state index contributed by atoms with van der Waals surface area (Å²) in [6, 6.07) is 4.67. The monoisotopic (exact) mass is 962 g/mol. The molecule has 9 N–H and O–H groups in total. The number of methoxy groups -OCH3 is 2. The SMILES string of the molecule is CCOc1ccc(C#Cc2c(Cl)nc(NCC(F)(F)F)nc2N[C@@]2(O)CC[C@H](CO)[C@H]2Oc2cc(C#Cc3c(Cl)nc(NCCOC)nc3N[C@]3(O)CC[C@H](CO)[C@H]3O)cnc2OC)cn1. The Labute approximate surface area is 386 Å². The highest BCUT2D eigenvalue weighted by Gasteiger charge is 2.51. The summed E-state index contributed by atoms with van der Waals surface area (Å²) in [4.78, 5) is 25.4. The minimum absolute atomic E-state index is 0.0281. The Morgan fingerprint density at radius 1 is 0.818 bits per heavy atom. The van der Waals surface area contributed by atoms with Crippen molar-refractivity contribution < 1.29 is 57.7 Å². The highest BCUT2D eigenvalue weighted by atomic mass is 35.5. The second kappa shape index (κ2) is 21.7. The van der Waals surface area contributed by atoms with Crippen LogP contribution < -0.4 is 35.5 Å². The molecule has 0 amide bonds. The highest BCUT2D eigenvalue weighted by Crippen LogP contribution is 2.41. The zero-order valence-electron chi connectivity index (χ0n) is 35.7. The third-order valence-electron chi connectivity index (χ3n) is 10.5. The summed E-state index contributed by atoms with van der Waals surface area (Å²) in [7, 11) is 2.84. The van der Waals surface area contributed by atoms with Gasteiger partial charge in [0, 0.05) is 74.4 Å². The molecule has 2 aliphatic rings. The van der Waals surface area contributed by atoms with Crippen LogP contribution >= 0.6 is 23.2 Å². The average Bonchev–Trinajstić information content (AvgIpc) is 3.74. The second-order valence-electron chi connectivity index (χ2n) is 15.1. The molecule has 66 heavy (non-hydrogen) atoms. The van der Waals surface area contributed by atoms with E-state index in [-0.39, 0.29) is 82.1 Å². The molecule has 4 heterocycles. The van der Waals surface area contributed by atoms with Gasteiger partial charge in [-0.25, -0.2) is 9.97 Å². The summed E-state index contributed by atoms with van der Waals surface area (Å²) >= 11 is 13.2. The van der Waals surface area contributed by atoms with Crippen molar-refractivity contribution in [1.82, 2.24) is 29.9 Å². The molecule has 0 spiro atoms. The van der Waals surface area contributed by atoms with E-state index in [4.69, 9.17) is 42.1 Å². The summed E-state index contributed by atoms with van der Waals surface area (Å²) in [5.41, 5.74) is -3.41. The van der Waals surface area contributed by atoms with E-state index in [9.17, 15) is 38.7 Å². The topological polar surface area (TPSA) is 264 Å². The Balaban J connectivity index is 1.34. The van der Waals surface area contributed by atoms with Crippen LogP contribution in [0.4, 0.5) is 36.7 Å². The Morgan fingerprint density at radius 2 is 1.42 bits per heavy atom. The third kappa shape index (κ3) is 12.2. The summed E-state index contributed by atoms with van der Waals surface area (Å²) in [6.45, 7) is 0.503. The molecule has 19 nitrogen and oxygen atoms in total. The fourth-order valence-electron chi connectivity index (χ4n) is 7.15. The van der Waals surface area contributed by atoms with Crippen LogP contribution in [-0.4, -0.2) is 139 Å². The van der Waals surface area contributed by atoms with Gasteiger partial charge in [0.15, 0.2) is 45.2 Å². The lowest BCUT2D eigenvalue weighted by molar-refractivity contribution is -0.115. The molecule has 2 fully saturated rings. The molecule has 4 aromatic heterocycles. The minimum Gasteiger partial charge on any atom is -0.479 e. The van der Waals surface area contributed by atoms with E-state index in [1.165, 1.54) is 32.7 Å². The van der Waals surface area contributed by atoms with Gasteiger partial charge in [0.1, 0.15) is 23.8 Å². The van der Waals surface area contributed by atoms with Crippen LogP contribution in [0.5, 0.6) is 17.5 Å². The maximum atomic E-state index is 13.2. The number of aromatic nitrogens is 6. The van der Waals surface area contributed by atoms with Gasteiger partial charge in [0.05, 0.1) is 20.3 Å². The second-order valence-corrected chi connectivity index (χ2v) is 15.8.